The van der Waals surface area contributed by atoms with E-state index in [1.165, 1.54) is 11.1 Å². The van der Waals surface area contributed by atoms with Crippen LogP contribution in [0.2, 0.25) is 0 Å². The van der Waals surface area contributed by atoms with Crippen molar-refractivity contribution >= 4 is 5.69 Å². The Balaban J connectivity index is 2.94. The molecule has 0 spiro atoms. The molecule has 1 rings (SSSR count). The van der Waals surface area contributed by atoms with Gasteiger partial charge in [-0.05, 0) is 19.1 Å². The van der Waals surface area contributed by atoms with Gasteiger partial charge in [-0.3, -0.25) is 4.98 Å². The number of nitrogens with zero attached hydrogens (tertiary/aromatic N) is 2. The Hall–Kier alpha value is -1.30. The third-order valence-electron chi connectivity index (χ3n) is 2.15. The van der Waals surface area contributed by atoms with Crippen LogP contribution >= 0.6 is 0 Å². The predicted octanol–water partition coefficient (Wildman–Crippen LogP) is 1.93. The third kappa shape index (κ3) is 3.37. The summed E-state index contributed by atoms with van der Waals surface area (Å²) in [5, 5.41) is 0. The van der Waals surface area contributed by atoms with Gasteiger partial charge in [-0.2, -0.15) is 13.2 Å². The molecule has 0 bridgehead atoms. The van der Waals surface area contributed by atoms with Gasteiger partial charge in [0.25, 0.3) is 0 Å². The lowest BCUT2D eigenvalue weighted by Gasteiger charge is -2.25. The van der Waals surface area contributed by atoms with Gasteiger partial charge in [0, 0.05) is 19.3 Å². The van der Waals surface area contributed by atoms with Crippen LogP contribution in [-0.2, 0) is 6.54 Å². The standard InChI is InChI=1S/C10H14F3N3/c1-2-16(7-10(11,12)13)9-4-3-5-15-8(9)6-14/h3-5H,2,6-7,14H2,1H3. The van der Waals surface area contributed by atoms with Gasteiger partial charge in [0.1, 0.15) is 6.54 Å². The lowest BCUT2D eigenvalue weighted by molar-refractivity contribution is -0.119. The van der Waals surface area contributed by atoms with Crippen LogP contribution in [0.3, 0.4) is 0 Å². The Morgan fingerprint density at radius 3 is 2.62 bits per heavy atom. The third-order valence-corrected chi connectivity index (χ3v) is 2.15. The number of pyridine rings is 1. The fourth-order valence-corrected chi connectivity index (χ4v) is 1.46. The molecule has 0 aliphatic rings. The summed E-state index contributed by atoms with van der Waals surface area (Å²) in [7, 11) is 0. The Kier molecular flexibility index (Phi) is 4.12. The first-order chi connectivity index (χ1) is 7.48. The maximum Gasteiger partial charge on any atom is 0.405 e. The van der Waals surface area contributed by atoms with Crippen molar-refractivity contribution in [3.8, 4) is 0 Å². The highest BCUT2D eigenvalue weighted by molar-refractivity contribution is 5.50. The summed E-state index contributed by atoms with van der Waals surface area (Å²) in [4.78, 5) is 5.18. The van der Waals surface area contributed by atoms with E-state index >= 15 is 0 Å². The van der Waals surface area contributed by atoms with Gasteiger partial charge >= 0.3 is 6.18 Å². The van der Waals surface area contributed by atoms with Crippen molar-refractivity contribution in [2.24, 2.45) is 5.73 Å². The monoisotopic (exact) mass is 233 g/mol. The molecular weight excluding hydrogens is 219 g/mol. The summed E-state index contributed by atoms with van der Waals surface area (Å²) < 4.78 is 37.0. The van der Waals surface area contributed by atoms with Crippen molar-refractivity contribution in [1.29, 1.82) is 0 Å². The number of alkyl halides is 3. The predicted molar refractivity (Wildman–Crippen MR) is 56.1 cm³/mol. The first-order valence-corrected chi connectivity index (χ1v) is 4.93. The second-order valence-corrected chi connectivity index (χ2v) is 3.30. The van der Waals surface area contributed by atoms with Crippen molar-refractivity contribution in [3.05, 3.63) is 24.0 Å². The Bertz CT molecular complexity index is 338. The van der Waals surface area contributed by atoms with Crippen molar-refractivity contribution in [1.82, 2.24) is 4.98 Å². The van der Waals surface area contributed by atoms with Gasteiger partial charge < -0.3 is 10.6 Å². The number of rotatable bonds is 4. The zero-order valence-electron chi connectivity index (χ0n) is 8.96. The highest BCUT2D eigenvalue weighted by Gasteiger charge is 2.30. The summed E-state index contributed by atoms with van der Waals surface area (Å²) in [6.07, 6.45) is -2.70. The lowest BCUT2D eigenvalue weighted by Crippen LogP contribution is -2.35. The minimum Gasteiger partial charge on any atom is -0.361 e. The molecule has 1 heterocycles. The molecule has 0 radical (unpaired) electrons. The molecule has 16 heavy (non-hydrogen) atoms. The van der Waals surface area contributed by atoms with E-state index in [-0.39, 0.29) is 13.1 Å². The molecular formula is C10H14F3N3. The van der Waals surface area contributed by atoms with E-state index in [2.05, 4.69) is 4.98 Å². The molecule has 0 saturated carbocycles. The van der Waals surface area contributed by atoms with E-state index in [0.717, 1.165) is 0 Å². The van der Waals surface area contributed by atoms with Crippen LogP contribution in [0.25, 0.3) is 0 Å². The second-order valence-electron chi connectivity index (χ2n) is 3.30. The van der Waals surface area contributed by atoms with Crippen LogP contribution in [0, 0.1) is 0 Å². The minimum absolute atomic E-state index is 0.129. The van der Waals surface area contributed by atoms with Gasteiger partial charge in [-0.25, -0.2) is 0 Å². The van der Waals surface area contributed by atoms with Crippen LogP contribution in [0.15, 0.2) is 18.3 Å². The number of hydrogen-bond acceptors (Lipinski definition) is 3. The Labute approximate surface area is 92.1 Å². The molecule has 90 valence electrons. The fraction of sp³-hybridized carbons (Fsp3) is 0.500. The molecule has 0 amide bonds. The van der Waals surface area contributed by atoms with Crippen LogP contribution in [-0.4, -0.2) is 24.2 Å². The average Bonchev–Trinajstić information content (AvgIpc) is 2.24. The molecule has 0 saturated heterocycles. The van der Waals surface area contributed by atoms with Crippen LogP contribution in [0.1, 0.15) is 12.6 Å². The SMILES string of the molecule is CCN(CC(F)(F)F)c1cccnc1CN. The van der Waals surface area contributed by atoms with Crippen LogP contribution < -0.4 is 10.6 Å². The molecule has 0 fully saturated rings. The minimum atomic E-state index is -4.22. The molecule has 0 unspecified atom stereocenters. The number of anilines is 1. The highest BCUT2D eigenvalue weighted by Crippen LogP contribution is 2.23. The molecule has 0 aromatic carbocycles. The Morgan fingerprint density at radius 2 is 2.12 bits per heavy atom. The molecule has 0 atom stereocenters. The van der Waals surface area contributed by atoms with E-state index in [9.17, 15) is 13.2 Å². The molecule has 1 aromatic heterocycles. The zero-order chi connectivity index (χ0) is 12.2. The van der Waals surface area contributed by atoms with Gasteiger partial charge in [0.15, 0.2) is 0 Å². The van der Waals surface area contributed by atoms with E-state index < -0.39 is 12.7 Å². The Morgan fingerprint density at radius 1 is 1.44 bits per heavy atom. The molecule has 3 nitrogen and oxygen atoms in total. The average molecular weight is 233 g/mol. The lowest BCUT2D eigenvalue weighted by atomic mass is 10.2. The summed E-state index contributed by atoms with van der Waals surface area (Å²) >= 11 is 0. The maximum absolute atomic E-state index is 12.3. The smallest absolute Gasteiger partial charge is 0.361 e. The van der Waals surface area contributed by atoms with Crippen molar-refractivity contribution < 1.29 is 13.2 Å². The van der Waals surface area contributed by atoms with Gasteiger partial charge in [0.05, 0.1) is 11.4 Å². The molecule has 2 N–H and O–H groups in total. The van der Waals surface area contributed by atoms with Gasteiger partial charge in [-0.1, -0.05) is 0 Å². The summed E-state index contributed by atoms with van der Waals surface area (Å²) in [5.74, 6) is 0. The number of hydrogen-bond donors (Lipinski definition) is 1. The first kappa shape index (κ1) is 12.8. The molecule has 0 aliphatic carbocycles. The van der Waals surface area contributed by atoms with E-state index in [4.69, 9.17) is 5.73 Å². The zero-order valence-corrected chi connectivity index (χ0v) is 8.96. The summed E-state index contributed by atoms with van der Waals surface area (Å²) in [5.41, 5.74) is 6.37. The molecule has 1 aromatic rings. The molecule has 6 heteroatoms. The topological polar surface area (TPSA) is 42.2 Å². The van der Waals surface area contributed by atoms with Crippen LogP contribution in [0.5, 0.6) is 0 Å². The first-order valence-electron chi connectivity index (χ1n) is 4.93. The molecule has 0 aliphatic heterocycles. The number of halogens is 3. The van der Waals surface area contributed by atoms with Crippen LogP contribution in [0.4, 0.5) is 18.9 Å². The summed E-state index contributed by atoms with van der Waals surface area (Å²) in [6.45, 7) is 1.07. The normalized spacial score (nSPS) is 11.6. The van der Waals surface area contributed by atoms with Crippen molar-refractivity contribution in [3.63, 3.8) is 0 Å². The second kappa shape index (κ2) is 5.16. The van der Waals surface area contributed by atoms with Crippen molar-refractivity contribution in [2.45, 2.75) is 19.6 Å². The fourth-order valence-electron chi connectivity index (χ4n) is 1.46. The quantitative estimate of drug-likeness (QED) is 0.864. The van der Waals surface area contributed by atoms with E-state index in [0.29, 0.717) is 11.4 Å². The largest absolute Gasteiger partial charge is 0.405 e. The van der Waals surface area contributed by atoms with E-state index in [1.807, 2.05) is 0 Å². The van der Waals surface area contributed by atoms with Gasteiger partial charge in [0.2, 0.25) is 0 Å². The maximum atomic E-state index is 12.3. The van der Waals surface area contributed by atoms with Gasteiger partial charge in [-0.15, -0.1) is 0 Å². The number of nitrogens with two attached hydrogens (primary N) is 1. The highest BCUT2D eigenvalue weighted by atomic mass is 19.4. The number of aromatic nitrogens is 1. The van der Waals surface area contributed by atoms with Crippen molar-refractivity contribution in [2.75, 3.05) is 18.0 Å². The summed E-state index contributed by atoms with van der Waals surface area (Å²) in [6, 6.07) is 3.21. The van der Waals surface area contributed by atoms with E-state index in [1.54, 1.807) is 19.1 Å².